The lowest BCUT2D eigenvalue weighted by Gasteiger charge is -2.37. The summed E-state index contributed by atoms with van der Waals surface area (Å²) in [4.78, 5) is 11.4. The van der Waals surface area contributed by atoms with Gasteiger partial charge in [-0.15, -0.1) is 0 Å². The average molecular weight is 468 g/mol. The van der Waals surface area contributed by atoms with Gasteiger partial charge in [0.1, 0.15) is 11.7 Å². The van der Waals surface area contributed by atoms with E-state index in [1.54, 1.807) is 12.1 Å². The molecule has 1 aromatic rings. The summed E-state index contributed by atoms with van der Waals surface area (Å²) < 4.78 is 21.5. The highest BCUT2D eigenvalue weighted by Gasteiger charge is 2.39. The number of methoxy groups -OCH3 is 1. The lowest BCUT2D eigenvalue weighted by molar-refractivity contribution is -0.292. The Bertz CT molecular complexity index is 701. The van der Waals surface area contributed by atoms with Crippen LogP contribution in [0, 0.1) is 0 Å². The summed E-state index contributed by atoms with van der Waals surface area (Å²) in [7, 11) is 2.95. The van der Waals surface area contributed by atoms with Crippen molar-refractivity contribution < 1.29 is 34.0 Å². The molecule has 2 saturated heterocycles. The molecule has 0 bridgehead atoms. The summed E-state index contributed by atoms with van der Waals surface area (Å²) in [5.74, 6) is -1.94. The minimum atomic E-state index is -1.50. The van der Waals surface area contributed by atoms with Crippen LogP contribution in [0.1, 0.15) is 44.5 Å². The topological polar surface area (TPSA) is 106 Å². The van der Waals surface area contributed by atoms with Crippen LogP contribution in [0.4, 0.5) is 0 Å². The lowest BCUT2D eigenvalue weighted by atomic mass is 10.1. The van der Waals surface area contributed by atoms with Crippen LogP contribution in [-0.4, -0.2) is 67.3 Å². The van der Waals surface area contributed by atoms with Gasteiger partial charge < -0.3 is 34.5 Å². The van der Waals surface area contributed by atoms with Gasteiger partial charge in [0.25, 0.3) is 5.91 Å². The molecule has 2 fully saturated rings. The van der Waals surface area contributed by atoms with E-state index in [9.17, 15) is 4.79 Å². The van der Waals surface area contributed by atoms with Crippen molar-refractivity contribution in [3.63, 3.8) is 0 Å². The number of carbonyl (C=O) groups is 1. The Labute approximate surface area is 187 Å². The van der Waals surface area contributed by atoms with Crippen LogP contribution in [0.25, 0.3) is 0 Å². The highest BCUT2D eigenvalue weighted by Crippen LogP contribution is 2.33. The molecular formula is C20H31Cl2NO7. The number of ether oxygens (including phenoxy) is 4. The number of nitrogens with one attached hydrogen (secondary N) is 1. The van der Waals surface area contributed by atoms with E-state index >= 15 is 0 Å². The zero-order valence-corrected chi connectivity index (χ0v) is 19.6. The molecule has 1 aromatic carbocycles. The minimum absolute atomic E-state index is 0.183. The Hall–Kier alpha value is -1.13. The Kier molecular flexibility index (Phi) is 10.3. The smallest absolute Gasteiger partial charge is 0.256 e. The summed E-state index contributed by atoms with van der Waals surface area (Å²) in [6.45, 7) is 7.98. The molecule has 0 radical (unpaired) electrons. The summed E-state index contributed by atoms with van der Waals surface area (Å²) >= 11 is 11.7. The lowest BCUT2D eigenvalue weighted by Crippen LogP contribution is -2.46. The second kappa shape index (κ2) is 11.5. The minimum Gasteiger partial charge on any atom is -0.494 e. The van der Waals surface area contributed by atoms with Crippen LogP contribution in [0.2, 0.25) is 10.0 Å². The van der Waals surface area contributed by atoms with Crippen LogP contribution in [0.5, 0.6) is 5.75 Å². The molecule has 2 aliphatic heterocycles. The SMILES string of the molecule is CC(C)(O)O.CC1(C)OCC2OCCC2O1.CNC(=O)c1c(Cl)ccc(Cl)c1OC. The standard InChI is InChI=1S/C9H9Cl2NO2.C8H14O3.C3H8O2/c1-12-9(13)7-5(10)3-4-6(11)8(7)14-2;1-8(2)10-5-7-6(11-8)3-4-9-7;1-3(2,4)5/h3-4H,1-2H3,(H,12,13);6-7H,3-5H2,1-2H3;4-5H,1-2H3. The number of fused-ring (bicyclic) bond motifs is 1. The molecule has 8 nitrogen and oxygen atoms in total. The van der Waals surface area contributed by atoms with E-state index in [0.717, 1.165) is 13.0 Å². The van der Waals surface area contributed by atoms with Crippen LogP contribution < -0.4 is 10.1 Å². The fraction of sp³-hybridized carbons (Fsp3) is 0.650. The van der Waals surface area contributed by atoms with Crippen LogP contribution >= 0.6 is 23.2 Å². The van der Waals surface area contributed by atoms with Crippen molar-refractivity contribution in [3.8, 4) is 5.75 Å². The molecule has 2 atom stereocenters. The third kappa shape index (κ3) is 8.93. The molecule has 0 aromatic heterocycles. The molecule has 10 heteroatoms. The molecule has 0 spiro atoms. The van der Waals surface area contributed by atoms with E-state index in [1.807, 2.05) is 13.8 Å². The summed E-state index contributed by atoms with van der Waals surface area (Å²) in [6.07, 6.45) is 1.46. The number of benzene rings is 1. The van der Waals surface area contributed by atoms with Crippen molar-refractivity contribution in [2.75, 3.05) is 27.4 Å². The van der Waals surface area contributed by atoms with Gasteiger partial charge >= 0.3 is 0 Å². The van der Waals surface area contributed by atoms with Gasteiger partial charge in [0, 0.05) is 13.7 Å². The van der Waals surface area contributed by atoms with Gasteiger partial charge in [0.2, 0.25) is 0 Å². The van der Waals surface area contributed by atoms with Crippen molar-refractivity contribution >= 4 is 29.1 Å². The fourth-order valence-electron chi connectivity index (χ4n) is 2.67. The fourth-order valence-corrected chi connectivity index (χ4v) is 3.14. The van der Waals surface area contributed by atoms with Crippen LogP contribution in [0.15, 0.2) is 12.1 Å². The van der Waals surface area contributed by atoms with Gasteiger partial charge in [-0.2, -0.15) is 0 Å². The molecule has 2 aliphatic rings. The second-order valence-electron chi connectivity index (χ2n) is 7.58. The second-order valence-corrected chi connectivity index (χ2v) is 8.39. The average Bonchev–Trinajstić information content (AvgIpc) is 3.08. The molecular weight excluding hydrogens is 437 g/mol. The largest absolute Gasteiger partial charge is 0.494 e. The molecule has 2 unspecified atom stereocenters. The number of hydrogen-bond donors (Lipinski definition) is 3. The maximum atomic E-state index is 11.4. The first-order valence-electron chi connectivity index (χ1n) is 9.41. The molecule has 3 N–H and O–H groups in total. The monoisotopic (exact) mass is 467 g/mol. The molecule has 2 heterocycles. The van der Waals surface area contributed by atoms with Gasteiger partial charge in [-0.25, -0.2) is 0 Å². The van der Waals surface area contributed by atoms with E-state index in [4.69, 9.17) is 52.4 Å². The quantitative estimate of drug-likeness (QED) is 0.573. The molecule has 0 aliphatic carbocycles. The Morgan fingerprint density at radius 3 is 2.33 bits per heavy atom. The van der Waals surface area contributed by atoms with E-state index in [0.29, 0.717) is 22.4 Å². The van der Waals surface area contributed by atoms with Crippen molar-refractivity contribution in [1.82, 2.24) is 5.32 Å². The van der Waals surface area contributed by atoms with Gasteiger partial charge in [0.05, 0.1) is 29.9 Å². The van der Waals surface area contributed by atoms with Gasteiger partial charge in [-0.1, -0.05) is 23.2 Å². The number of hydrogen-bond acceptors (Lipinski definition) is 7. The van der Waals surface area contributed by atoms with E-state index in [2.05, 4.69) is 5.32 Å². The molecule has 0 saturated carbocycles. The zero-order valence-electron chi connectivity index (χ0n) is 18.1. The molecule has 1 amide bonds. The van der Waals surface area contributed by atoms with Crippen LogP contribution in [-0.2, 0) is 14.2 Å². The molecule has 3 rings (SSSR count). The highest BCUT2D eigenvalue weighted by atomic mass is 35.5. The predicted octanol–water partition coefficient (Wildman–Crippen LogP) is 3.00. The Morgan fingerprint density at radius 2 is 1.80 bits per heavy atom. The van der Waals surface area contributed by atoms with E-state index in [1.165, 1.54) is 28.0 Å². The Balaban J connectivity index is 0.000000250. The normalized spacial score (nSPS) is 21.9. The summed E-state index contributed by atoms with van der Waals surface area (Å²) in [5, 5.41) is 19.3. The summed E-state index contributed by atoms with van der Waals surface area (Å²) in [5.41, 5.74) is 0.254. The van der Waals surface area contributed by atoms with Crippen LogP contribution in [0.3, 0.4) is 0 Å². The number of aliphatic hydroxyl groups is 2. The number of halogens is 2. The molecule has 30 heavy (non-hydrogen) atoms. The Morgan fingerprint density at radius 1 is 1.23 bits per heavy atom. The van der Waals surface area contributed by atoms with E-state index in [-0.39, 0.29) is 23.7 Å². The first kappa shape index (κ1) is 26.9. The zero-order chi connectivity index (χ0) is 23.1. The maximum Gasteiger partial charge on any atom is 0.256 e. The number of rotatable bonds is 2. The van der Waals surface area contributed by atoms with Crippen molar-refractivity contribution in [2.45, 2.75) is 57.9 Å². The third-order valence-electron chi connectivity index (χ3n) is 3.90. The molecule has 172 valence electrons. The van der Waals surface area contributed by atoms with Crippen molar-refractivity contribution in [3.05, 3.63) is 27.7 Å². The van der Waals surface area contributed by atoms with Crippen molar-refractivity contribution in [1.29, 1.82) is 0 Å². The maximum absolute atomic E-state index is 11.4. The first-order valence-corrected chi connectivity index (χ1v) is 10.2. The van der Waals surface area contributed by atoms with E-state index < -0.39 is 11.6 Å². The number of amides is 1. The third-order valence-corrected chi connectivity index (χ3v) is 4.51. The van der Waals surface area contributed by atoms with Gasteiger partial charge in [-0.05, 0) is 46.2 Å². The van der Waals surface area contributed by atoms with Crippen molar-refractivity contribution in [2.24, 2.45) is 0 Å². The first-order chi connectivity index (χ1) is 13.8. The summed E-state index contributed by atoms with van der Waals surface area (Å²) in [6, 6.07) is 3.13. The highest BCUT2D eigenvalue weighted by molar-refractivity contribution is 6.37. The van der Waals surface area contributed by atoms with Gasteiger partial charge in [-0.3, -0.25) is 4.79 Å². The predicted molar refractivity (Wildman–Crippen MR) is 114 cm³/mol. The van der Waals surface area contributed by atoms with Gasteiger partial charge in [0.15, 0.2) is 17.3 Å². The number of carbonyl (C=O) groups excluding carboxylic acids is 1.